The maximum absolute atomic E-state index is 5.40. The smallest absolute Gasteiger partial charge is 0.123 e. The van der Waals surface area contributed by atoms with Crippen LogP contribution in [0.4, 0.5) is 0 Å². The minimum absolute atomic E-state index is 0.220. The van der Waals surface area contributed by atoms with Crippen molar-refractivity contribution in [2.75, 3.05) is 14.2 Å². The summed E-state index contributed by atoms with van der Waals surface area (Å²) >= 11 is 0. The Morgan fingerprint density at radius 3 is 2.55 bits per heavy atom. The van der Waals surface area contributed by atoms with Crippen molar-refractivity contribution < 1.29 is 9.47 Å². The molecule has 0 amide bonds. The van der Waals surface area contributed by atoms with Gasteiger partial charge in [0.05, 0.1) is 14.2 Å². The van der Waals surface area contributed by atoms with E-state index in [0.717, 1.165) is 23.6 Å². The second kappa shape index (κ2) is 6.96. The van der Waals surface area contributed by atoms with Gasteiger partial charge in [-0.2, -0.15) is 0 Å². The van der Waals surface area contributed by atoms with Crippen molar-refractivity contribution >= 4 is 0 Å². The van der Waals surface area contributed by atoms with E-state index in [1.54, 1.807) is 14.2 Å². The highest BCUT2D eigenvalue weighted by Gasteiger charge is 2.10. The van der Waals surface area contributed by atoms with Crippen molar-refractivity contribution in [3.05, 3.63) is 59.7 Å². The number of benzene rings is 2. The Hall–Kier alpha value is -2.00. The zero-order valence-electron chi connectivity index (χ0n) is 12.2. The molecule has 0 saturated carbocycles. The lowest BCUT2D eigenvalue weighted by Crippen LogP contribution is -2.18. The molecule has 0 aromatic heterocycles. The van der Waals surface area contributed by atoms with E-state index in [4.69, 9.17) is 9.47 Å². The molecule has 0 aliphatic carbocycles. The van der Waals surface area contributed by atoms with Gasteiger partial charge in [-0.3, -0.25) is 0 Å². The lowest BCUT2D eigenvalue weighted by molar-refractivity contribution is 0.401. The Morgan fingerprint density at radius 1 is 1.00 bits per heavy atom. The van der Waals surface area contributed by atoms with Gasteiger partial charge in [-0.1, -0.05) is 30.3 Å². The summed E-state index contributed by atoms with van der Waals surface area (Å²) in [7, 11) is 3.39. The molecule has 1 unspecified atom stereocenters. The molecule has 3 nitrogen and oxygen atoms in total. The highest BCUT2D eigenvalue weighted by atomic mass is 16.5. The van der Waals surface area contributed by atoms with Crippen molar-refractivity contribution in [2.24, 2.45) is 0 Å². The van der Waals surface area contributed by atoms with Crippen LogP contribution in [0.25, 0.3) is 0 Å². The molecule has 2 aromatic carbocycles. The minimum Gasteiger partial charge on any atom is -0.497 e. The molecule has 2 rings (SSSR count). The number of methoxy groups -OCH3 is 2. The van der Waals surface area contributed by atoms with Gasteiger partial charge in [0.15, 0.2) is 0 Å². The lowest BCUT2D eigenvalue weighted by Gasteiger charge is -2.17. The van der Waals surface area contributed by atoms with Crippen molar-refractivity contribution in [1.82, 2.24) is 5.32 Å². The molecule has 0 spiro atoms. The first-order chi connectivity index (χ1) is 9.74. The number of hydrogen-bond acceptors (Lipinski definition) is 3. The number of nitrogens with one attached hydrogen (secondary N) is 1. The molecule has 0 aliphatic rings. The van der Waals surface area contributed by atoms with Crippen LogP contribution in [0.1, 0.15) is 24.1 Å². The van der Waals surface area contributed by atoms with Crippen LogP contribution in [0.5, 0.6) is 11.5 Å². The Labute approximate surface area is 120 Å². The standard InChI is InChI=1S/C17H21NO2/c1-13(16-9-4-5-10-17(16)20-3)18-12-14-7-6-8-15(11-14)19-2/h4-11,13,18H,12H2,1-3H3. The molecular formula is C17H21NO2. The van der Waals surface area contributed by atoms with Crippen LogP contribution in [0.2, 0.25) is 0 Å². The van der Waals surface area contributed by atoms with Crippen molar-refractivity contribution in [2.45, 2.75) is 19.5 Å². The van der Waals surface area contributed by atoms with Crippen molar-refractivity contribution in [3.8, 4) is 11.5 Å². The van der Waals surface area contributed by atoms with Gasteiger partial charge in [0, 0.05) is 18.2 Å². The zero-order valence-corrected chi connectivity index (χ0v) is 12.2. The summed E-state index contributed by atoms with van der Waals surface area (Å²) in [6.07, 6.45) is 0. The molecule has 0 radical (unpaired) electrons. The van der Waals surface area contributed by atoms with Crippen molar-refractivity contribution in [3.63, 3.8) is 0 Å². The highest BCUT2D eigenvalue weighted by Crippen LogP contribution is 2.24. The van der Waals surface area contributed by atoms with E-state index in [2.05, 4.69) is 24.4 Å². The summed E-state index contributed by atoms with van der Waals surface area (Å²) in [4.78, 5) is 0. The second-order valence-corrected chi connectivity index (χ2v) is 4.70. The zero-order chi connectivity index (χ0) is 14.4. The van der Waals surface area contributed by atoms with Gasteiger partial charge < -0.3 is 14.8 Å². The fourth-order valence-corrected chi connectivity index (χ4v) is 2.19. The van der Waals surface area contributed by atoms with Gasteiger partial charge in [0.1, 0.15) is 11.5 Å². The third-order valence-corrected chi connectivity index (χ3v) is 3.35. The number of para-hydroxylation sites is 1. The molecule has 20 heavy (non-hydrogen) atoms. The van der Waals surface area contributed by atoms with Gasteiger partial charge >= 0.3 is 0 Å². The summed E-state index contributed by atoms with van der Waals surface area (Å²) in [5.41, 5.74) is 2.36. The number of ether oxygens (including phenoxy) is 2. The van der Waals surface area contributed by atoms with Gasteiger partial charge in [0.2, 0.25) is 0 Å². The van der Waals surface area contributed by atoms with E-state index in [1.807, 2.05) is 36.4 Å². The third kappa shape index (κ3) is 3.52. The van der Waals surface area contributed by atoms with Crippen LogP contribution in [0.3, 0.4) is 0 Å². The Bertz CT molecular complexity index is 554. The summed E-state index contributed by atoms with van der Waals surface area (Å²) in [6.45, 7) is 2.93. The normalized spacial score (nSPS) is 11.9. The van der Waals surface area contributed by atoms with Gasteiger partial charge in [0.25, 0.3) is 0 Å². The lowest BCUT2D eigenvalue weighted by atomic mass is 10.1. The first-order valence-electron chi connectivity index (χ1n) is 6.74. The van der Waals surface area contributed by atoms with Gasteiger partial charge in [-0.15, -0.1) is 0 Å². The topological polar surface area (TPSA) is 30.5 Å². The number of rotatable bonds is 6. The first kappa shape index (κ1) is 14.4. The van der Waals surface area contributed by atoms with Crippen LogP contribution in [-0.2, 0) is 6.54 Å². The minimum atomic E-state index is 0.220. The van der Waals surface area contributed by atoms with Crippen molar-refractivity contribution in [1.29, 1.82) is 0 Å². The van der Waals surface area contributed by atoms with Gasteiger partial charge in [-0.25, -0.2) is 0 Å². The van der Waals surface area contributed by atoms with Crippen LogP contribution >= 0.6 is 0 Å². The Morgan fingerprint density at radius 2 is 1.80 bits per heavy atom. The fourth-order valence-electron chi connectivity index (χ4n) is 2.19. The molecule has 0 heterocycles. The average Bonchev–Trinajstić information content (AvgIpc) is 2.52. The Balaban J connectivity index is 2.02. The highest BCUT2D eigenvalue weighted by molar-refractivity contribution is 5.35. The second-order valence-electron chi connectivity index (χ2n) is 4.70. The fraction of sp³-hybridized carbons (Fsp3) is 0.294. The third-order valence-electron chi connectivity index (χ3n) is 3.35. The number of hydrogen-bond donors (Lipinski definition) is 1. The maximum Gasteiger partial charge on any atom is 0.123 e. The summed E-state index contributed by atoms with van der Waals surface area (Å²) < 4.78 is 10.6. The predicted octanol–water partition coefficient (Wildman–Crippen LogP) is 3.55. The SMILES string of the molecule is COc1cccc(CNC(C)c2ccccc2OC)c1. The Kier molecular flexibility index (Phi) is 5.02. The van der Waals surface area contributed by atoms with E-state index < -0.39 is 0 Å². The predicted molar refractivity (Wildman–Crippen MR) is 81.2 cm³/mol. The van der Waals surface area contributed by atoms with Crippen LogP contribution in [0.15, 0.2) is 48.5 Å². The maximum atomic E-state index is 5.40. The molecule has 0 fully saturated rings. The van der Waals surface area contributed by atoms with E-state index in [0.29, 0.717) is 0 Å². The van der Waals surface area contributed by atoms with E-state index in [-0.39, 0.29) is 6.04 Å². The first-order valence-corrected chi connectivity index (χ1v) is 6.74. The van der Waals surface area contributed by atoms with Crippen LogP contribution < -0.4 is 14.8 Å². The largest absolute Gasteiger partial charge is 0.497 e. The molecule has 1 N–H and O–H groups in total. The molecule has 0 saturated heterocycles. The summed E-state index contributed by atoms with van der Waals surface area (Å²) in [5.74, 6) is 1.80. The molecule has 0 aliphatic heterocycles. The molecule has 1 atom stereocenters. The quantitative estimate of drug-likeness (QED) is 0.871. The molecule has 106 valence electrons. The van der Waals surface area contributed by atoms with Crippen LogP contribution in [-0.4, -0.2) is 14.2 Å². The van der Waals surface area contributed by atoms with Crippen LogP contribution in [0, 0.1) is 0 Å². The van der Waals surface area contributed by atoms with E-state index in [9.17, 15) is 0 Å². The summed E-state index contributed by atoms with van der Waals surface area (Å²) in [5, 5.41) is 3.51. The average molecular weight is 271 g/mol. The monoisotopic (exact) mass is 271 g/mol. The molecule has 0 bridgehead atoms. The molecular weight excluding hydrogens is 250 g/mol. The van der Waals surface area contributed by atoms with E-state index in [1.165, 1.54) is 5.56 Å². The summed E-state index contributed by atoms with van der Waals surface area (Å²) in [6, 6.07) is 16.4. The molecule has 3 heteroatoms. The van der Waals surface area contributed by atoms with E-state index >= 15 is 0 Å². The molecule has 2 aromatic rings. The van der Waals surface area contributed by atoms with Gasteiger partial charge in [-0.05, 0) is 30.7 Å².